The predicted molar refractivity (Wildman–Crippen MR) is 105 cm³/mol. The van der Waals surface area contributed by atoms with Gasteiger partial charge in [-0.15, -0.1) is 0 Å². The van der Waals surface area contributed by atoms with Crippen LogP contribution in [0.25, 0.3) is 11.0 Å². The number of thioether (sulfide) groups is 1. The van der Waals surface area contributed by atoms with Crippen LogP contribution in [-0.4, -0.2) is 20.7 Å². The van der Waals surface area contributed by atoms with Gasteiger partial charge in [0.2, 0.25) is 5.91 Å². The van der Waals surface area contributed by atoms with Crippen molar-refractivity contribution >= 4 is 34.4 Å². The fourth-order valence-corrected chi connectivity index (χ4v) is 3.60. The molecule has 0 aliphatic carbocycles. The Morgan fingerprint density at radius 2 is 1.76 bits per heavy atom. The third-order valence-electron chi connectivity index (χ3n) is 3.86. The summed E-state index contributed by atoms with van der Waals surface area (Å²) in [5.41, 5.74) is 2.91. The fourth-order valence-electron chi connectivity index (χ4n) is 2.66. The SMILES string of the molecule is CC(C)Cn1c(SC(C)C(=O)Nc2ccccc2)nc2ccccc21. The molecule has 0 radical (unpaired) electrons. The summed E-state index contributed by atoms with van der Waals surface area (Å²) < 4.78 is 2.22. The van der Waals surface area contributed by atoms with Crippen molar-refractivity contribution in [3.8, 4) is 0 Å². The van der Waals surface area contributed by atoms with Gasteiger partial charge in [-0.3, -0.25) is 4.79 Å². The van der Waals surface area contributed by atoms with Gasteiger partial charge in [0.25, 0.3) is 0 Å². The zero-order valence-corrected chi connectivity index (χ0v) is 15.6. The van der Waals surface area contributed by atoms with Crippen molar-refractivity contribution in [2.45, 2.75) is 37.7 Å². The van der Waals surface area contributed by atoms with E-state index in [9.17, 15) is 4.79 Å². The van der Waals surface area contributed by atoms with Crippen LogP contribution < -0.4 is 5.32 Å². The molecule has 0 aliphatic heterocycles. The molecule has 5 heteroatoms. The first-order chi connectivity index (χ1) is 12.0. The Bertz CT molecular complexity index is 858. The molecule has 3 aromatic rings. The molecule has 1 aromatic heterocycles. The molecule has 1 N–H and O–H groups in total. The summed E-state index contributed by atoms with van der Waals surface area (Å²) in [5, 5.41) is 3.62. The summed E-state index contributed by atoms with van der Waals surface area (Å²) in [6.45, 7) is 7.18. The molecule has 1 amide bonds. The van der Waals surface area contributed by atoms with E-state index < -0.39 is 0 Å². The van der Waals surface area contributed by atoms with Crippen molar-refractivity contribution in [1.29, 1.82) is 0 Å². The zero-order valence-electron chi connectivity index (χ0n) is 14.8. The third kappa shape index (κ3) is 4.23. The Morgan fingerprint density at radius 3 is 2.48 bits per heavy atom. The van der Waals surface area contributed by atoms with Gasteiger partial charge in [0.05, 0.1) is 16.3 Å². The maximum Gasteiger partial charge on any atom is 0.237 e. The Morgan fingerprint density at radius 1 is 1.08 bits per heavy atom. The van der Waals surface area contributed by atoms with Gasteiger partial charge >= 0.3 is 0 Å². The van der Waals surface area contributed by atoms with Crippen molar-refractivity contribution < 1.29 is 4.79 Å². The second-order valence-electron chi connectivity index (χ2n) is 6.50. The Kier molecular flexibility index (Phi) is 5.43. The second-order valence-corrected chi connectivity index (χ2v) is 7.81. The first-order valence-corrected chi connectivity index (χ1v) is 9.40. The van der Waals surface area contributed by atoms with E-state index in [4.69, 9.17) is 4.98 Å². The van der Waals surface area contributed by atoms with Crippen LogP contribution in [0.3, 0.4) is 0 Å². The molecule has 1 atom stereocenters. The molecule has 1 unspecified atom stereocenters. The van der Waals surface area contributed by atoms with E-state index in [1.807, 2.05) is 55.5 Å². The first kappa shape index (κ1) is 17.5. The highest BCUT2D eigenvalue weighted by molar-refractivity contribution is 8.00. The number of carbonyl (C=O) groups excluding carboxylic acids is 1. The number of benzene rings is 2. The number of imidazole rings is 1. The molecule has 1 heterocycles. The van der Waals surface area contributed by atoms with Crippen molar-refractivity contribution in [2.24, 2.45) is 5.92 Å². The largest absolute Gasteiger partial charge is 0.325 e. The van der Waals surface area contributed by atoms with E-state index in [-0.39, 0.29) is 11.2 Å². The minimum absolute atomic E-state index is 0.0145. The van der Waals surface area contributed by atoms with Crippen molar-refractivity contribution in [2.75, 3.05) is 5.32 Å². The lowest BCUT2D eigenvalue weighted by atomic mass is 10.2. The fraction of sp³-hybridized carbons (Fsp3) is 0.300. The maximum atomic E-state index is 12.5. The quantitative estimate of drug-likeness (QED) is 0.647. The smallest absolute Gasteiger partial charge is 0.237 e. The minimum atomic E-state index is -0.233. The van der Waals surface area contributed by atoms with E-state index >= 15 is 0 Å². The average Bonchev–Trinajstić information content (AvgIpc) is 2.92. The maximum absolute atomic E-state index is 12.5. The van der Waals surface area contributed by atoms with Crippen molar-refractivity contribution in [3.63, 3.8) is 0 Å². The average molecular weight is 353 g/mol. The zero-order chi connectivity index (χ0) is 17.8. The van der Waals surface area contributed by atoms with Crippen molar-refractivity contribution in [1.82, 2.24) is 9.55 Å². The Balaban J connectivity index is 1.80. The molecule has 0 bridgehead atoms. The van der Waals surface area contributed by atoms with Crippen LogP contribution >= 0.6 is 11.8 Å². The highest BCUT2D eigenvalue weighted by Gasteiger charge is 2.20. The minimum Gasteiger partial charge on any atom is -0.325 e. The number of nitrogens with zero attached hydrogens (tertiary/aromatic N) is 2. The Hall–Kier alpha value is -2.27. The van der Waals surface area contributed by atoms with E-state index in [2.05, 4.69) is 29.8 Å². The number of nitrogens with one attached hydrogen (secondary N) is 1. The highest BCUT2D eigenvalue weighted by Crippen LogP contribution is 2.28. The lowest BCUT2D eigenvalue weighted by Crippen LogP contribution is -2.23. The summed E-state index contributed by atoms with van der Waals surface area (Å²) >= 11 is 1.51. The summed E-state index contributed by atoms with van der Waals surface area (Å²) in [6.07, 6.45) is 0. The van der Waals surface area contributed by atoms with Gasteiger partial charge in [-0.1, -0.05) is 55.9 Å². The number of hydrogen-bond acceptors (Lipinski definition) is 3. The molecule has 2 aromatic carbocycles. The molecule has 0 saturated heterocycles. The summed E-state index contributed by atoms with van der Waals surface area (Å²) in [4.78, 5) is 17.2. The normalized spacial score (nSPS) is 12.5. The number of carbonyl (C=O) groups is 1. The van der Waals surface area contributed by atoms with Gasteiger partial charge < -0.3 is 9.88 Å². The molecule has 0 fully saturated rings. The Labute approximate surface area is 152 Å². The summed E-state index contributed by atoms with van der Waals surface area (Å²) in [5.74, 6) is 0.491. The number of amides is 1. The summed E-state index contributed by atoms with van der Waals surface area (Å²) in [6, 6.07) is 17.7. The van der Waals surface area contributed by atoms with E-state index in [0.29, 0.717) is 5.92 Å². The molecular formula is C20H23N3OS. The molecule has 0 spiro atoms. The topological polar surface area (TPSA) is 46.9 Å². The number of rotatable bonds is 6. The lowest BCUT2D eigenvalue weighted by Gasteiger charge is -2.15. The lowest BCUT2D eigenvalue weighted by molar-refractivity contribution is -0.115. The van der Waals surface area contributed by atoms with Crippen LogP contribution in [0.5, 0.6) is 0 Å². The van der Waals surface area contributed by atoms with E-state index in [1.165, 1.54) is 11.8 Å². The molecule has 4 nitrogen and oxygen atoms in total. The predicted octanol–water partition coefficient (Wildman–Crippen LogP) is 4.81. The van der Waals surface area contributed by atoms with Gasteiger partial charge in [-0.25, -0.2) is 4.98 Å². The van der Waals surface area contributed by atoms with Gasteiger partial charge in [0.1, 0.15) is 0 Å². The van der Waals surface area contributed by atoms with E-state index in [0.717, 1.165) is 28.4 Å². The number of hydrogen-bond donors (Lipinski definition) is 1. The molecule has 0 aliphatic rings. The first-order valence-electron chi connectivity index (χ1n) is 8.52. The molecule has 25 heavy (non-hydrogen) atoms. The number of fused-ring (bicyclic) bond motifs is 1. The number of anilines is 1. The molecule has 130 valence electrons. The number of aromatic nitrogens is 2. The summed E-state index contributed by atoms with van der Waals surface area (Å²) in [7, 11) is 0. The van der Waals surface area contributed by atoms with Crippen molar-refractivity contribution in [3.05, 3.63) is 54.6 Å². The number of para-hydroxylation sites is 3. The van der Waals surface area contributed by atoms with Crippen LogP contribution in [0.15, 0.2) is 59.8 Å². The molecule has 0 saturated carbocycles. The van der Waals surface area contributed by atoms with Crippen LogP contribution in [0.2, 0.25) is 0 Å². The van der Waals surface area contributed by atoms with Crippen LogP contribution in [0, 0.1) is 5.92 Å². The van der Waals surface area contributed by atoms with Crippen LogP contribution in [0.4, 0.5) is 5.69 Å². The highest BCUT2D eigenvalue weighted by atomic mass is 32.2. The molecular weight excluding hydrogens is 330 g/mol. The standard InChI is InChI=1S/C20H23N3OS/c1-14(2)13-23-18-12-8-7-11-17(18)22-20(23)25-15(3)19(24)21-16-9-5-4-6-10-16/h4-12,14-15H,13H2,1-3H3,(H,21,24). The van der Waals surface area contributed by atoms with Gasteiger partial charge in [-0.2, -0.15) is 0 Å². The van der Waals surface area contributed by atoms with Gasteiger partial charge in [-0.05, 0) is 37.1 Å². The van der Waals surface area contributed by atoms with Crippen LogP contribution in [-0.2, 0) is 11.3 Å². The monoisotopic (exact) mass is 353 g/mol. The van der Waals surface area contributed by atoms with Gasteiger partial charge in [0, 0.05) is 12.2 Å². The molecule has 3 rings (SSSR count). The van der Waals surface area contributed by atoms with E-state index in [1.54, 1.807) is 0 Å². The van der Waals surface area contributed by atoms with Crippen LogP contribution in [0.1, 0.15) is 20.8 Å². The third-order valence-corrected chi connectivity index (χ3v) is 4.95. The van der Waals surface area contributed by atoms with Gasteiger partial charge in [0.15, 0.2) is 5.16 Å². The second kappa shape index (κ2) is 7.74.